The van der Waals surface area contributed by atoms with E-state index in [0.29, 0.717) is 29.7 Å². The summed E-state index contributed by atoms with van der Waals surface area (Å²) < 4.78 is 13.4. The second kappa shape index (κ2) is 9.82. The summed E-state index contributed by atoms with van der Waals surface area (Å²) in [7, 11) is 1.58. The van der Waals surface area contributed by atoms with E-state index in [-0.39, 0.29) is 29.7 Å². The number of hydrogen-bond acceptors (Lipinski definition) is 6. The van der Waals surface area contributed by atoms with Gasteiger partial charge in [0.25, 0.3) is 0 Å². The number of thiophene rings is 1. The Morgan fingerprint density at radius 1 is 1.12 bits per heavy atom. The fraction of sp³-hybridized carbons (Fsp3) is 0.323. The molecule has 2 aliphatic rings. The SMILES string of the molecule is COc1c(-c2cc3c(s2)C(C)(C)CN(C(=O)OCc2ccccc2)C3)ccc2c(=O)c(C(=O)O)cn(C3CC3)c12. The van der Waals surface area contributed by atoms with E-state index in [0.717, 1.165) is 34.4 Å². The summed E-state index contributed by atoms with van der Waals surface area (Å²) >= 11 is 1.66. The van der Waals surface area contributed by atoms with Gasteiger partial charge in [-0.2, -0.15) is 0 Å². The van der Waals surface area contributed by atoms with Gasteiger partial charge >= 0.3 is 12.1 Å². The second-order valence-corrected chi connectivity index (χ2v) is 12.2. The molecule has 9 heteroatoms. The maximum Gasteiger partial charge on any atom is 0.410 e. The topological polar surface area (TPSA) is 98.1 Å². The van der Waals surface area contributed by atoms with Crippen LogP contribution >= 0.6 is 11.3 Å². The van der Waals surface area contributed by atoms with E-state index < -0.39 is 11.4 Å². The van der Waals surface area contributed by atoms with Crippen molar-refractivity contribution in [3.8, 4) is 16.2 Å². The van der Waals surface area contributed by atoms with Crippen LogP contribution in [0.15, 0.2) is 59.5 Å². The molecular weight excluding hydrogens is 528 g/mol. The van der Waals surface area contributed by atoms with Crippen molar-refractivity contribution in [2.45, 2.75) is 51.3 Å². The first-order valence-corrected chi connectivity index (χ1v) is 14.1. The molecule has 6 rings (SSSR count). The minimum atomic E-state index is -1.23. The summed E-state index contributed by atoms with van der Waals surface area (Å²) in [5.41, 5.74) is 2.40. The lowest BCUT2D eigenvalue weighted by molar-refractivity contribution is 0.0694. The number of hydrogen-bond donors (Lipinski definition) is 1. The Balaban J connectivity index is 1.37. The number of aromatic nitrogens is 1. The zero-order chi connectivity index (χ0) is 28.2. The van der Waals surface area contributed by atoms with Crippen LogP contribution in [0.5, 0.6) is 5.75 Å². The molecule has 206 valence electrons. The Labute approximate surface area is 235 Å². The van der Waals surface area contributed by atoms with Gasteiger partial charge in [0, 0.05) is 39.5 Å². The molecule has 0 bridgehead atoms. The van der Waals surface area contributed by atoms with E-state index in [2.05, 4.69) is 19.9 Å². The maximum atomic E-state index is 13.1. The molecule has 8 nitrogen and oxygen atoms in total. The van der Waals surface area contributed by atoms with Crippen molar-refractivity contribution in [2.75, 3.05) is 13.7 Å². The number of benzene rings is 2. The van der Waals surface area contributed by atoms with E-state index >= 15 is 0 Å². The normalized spacial score (nSPS) is 16.0. The van der Waals surface area contributed by atoms with Crippen molar-refractivity contribution in [3.05, 3.63) is 86.5 Å². The number of pyridine rings is 1. The predicted octanol–water partition coefficient (Wildman–Crippen LogP) is 6.20. The number of aromatic carboxylic acids is 1. The highest BCUT2D eigenvalue weighted by Crippen LogP contribution is 2.47. The average molecular weight is 559 g/mol. The van der Waals surface area contributed by atoms with Crippen LogP contribution in [0.2, 0.25) is 0 Å². The number of rotatable bonds is 6. The van der Waals surface area contributed by atoms with Crippen molar-refractivity contribution in [1.82, 2.24) is 9.47 Å². The Kier molecular flexibility index (Phi) is 6.41. The molecule has 2 aromatic heterocycles. The smallest absolute Gasteiger partial charge is 0.410 e. The molecule has 0 unspecified atom stereocenters. The molecule has 1 saturated carbocycles. The molecule has 0 radical (unpaired) electrons. The van der Waals surface area contributed by atoms with Crippen molar-refractivity contribution >= 4 is 34.3 Å². The maximum absolute atomic E-state index is 13.1. The van der Waals surface area contributed by atoms with E-state index in [9.17, 15) is 19.5 Å². The van der Waals surface area contributed by atoms with Crippen molar-refractivity contribution in [3.63, 3.8) is 0 Å². The van der Waals surface area contributed by atoms with E-state index in [1.54, 1.807) is 29.4 Å². The van der Waals surface area contributed by atoms with Gasteiger partial charge in [0.15, 0.2) is 5.75 Å². The standard InChI is InChI=1S/C31H30N2O6S/c1-31(2)17-32(30(37)39-16-18-7-5-4-6-8-18)14-19-13-24(40-28(19)31)21-11-12-22-25(27(21)38-3)33(20-9-10-20)15-23(26(22)34)29(35)36/h4-8,11-13,15,20H,9-10,14,16-17H2,1-3H3,(H,35,36). The first-order valence-electron chi connectivity index (χ1n) is 13.3. The van der Waals surface area contributed by atoms with Crippen LogP contribution in [0.25, 0.3) is 21.3 Å². The number of carboxylic acids is 1. The summed E-state index contributed by atoms with van der Waals surface area (Å²) in [6.45, 7) is 5.44. The number of carboxylic acid groups (broad SMARTS) is 1. The van der Waals surface area contributed by atoms with Gasteiger partial charge in [-0.3, -0.25) is 4.79 Å². The zero-order valence-corrected chi connectivity index (χ0v) is 23.4. The van der Waals surface area contributed by atoms with Crippen LogP contribution in [0.4, 0.5) is 4.79 Å². The molecule has 3 heterocycles. The lowest BCUT2D eigenvalue weighted by Crippen LogP contribution is -2.44. The van der Waals surface area contributed by atoms with E-state index in [1.165, 1.54) is 11.1 Å². The molecule has 40 heavy (non-hydrogen) atoms. The van der Waals surface area contributed by atoms with Gasteiger partial charge in [0.2, 0.25) is 5.43 Å². The van der Waals surface area contributed by atoms with Crippen LogP contribution < -0.4 is 10.2 Å². The number of ether oxygens (including phenoxy) is 2. The molecule has 1 N–H and O–H groups in total. The molecule has 0 spiro atoms. The number of carbonyl (C=O) groups is 2. The Morgan fingerprint density at radius 3 is 2.55 bits per heavy atom. The minimum absolute atomic E-state index is 0.135. The Hall–Kier alpha value is -4.11. The predicted molar refractivity (Wildman–Crippen MR) is 153 cm³/mol. The third kappa shape index (κ3) is 4.54. The van der Waals surface area contributed by atoms with Gasteiger partial charge in [-0.05, 0) is 42.2 Å². The second-order valence-electron chi connectivity index (χ2n) is 11.1. The zero-order valence-electron chi connectivity index (χ0n) is 22.6. The van der Waals surface area contributed by atoms with Gasteiger partial charge in [-0.1, -0.05) is 44.2 Å². The lowest BCUT2D eigenvalue weighted by atomic mass is 9.85. The van der Waals surface area contributed by atoms with E-state index in [1.807, 2.05) is 41.0 Å². The van der Waals surface area contributed by atoms with Crippen molar-refractivity contribution in [1.29, 1.82) is 0 Å². The fourth-order valence-electron chi connectivity index (χ4n) is 5.61. The van der Waals surface area contributed by atoms with Crippen LogP contribution in [0.1, 0.15) is 59.1 Å². The number of methoxy groups -OCH3 is 1. The average Bonchev–Trinajstić information content (AvgIpc) is 3.69. The minimum Gasteiger partial charge on any atom is -0.494 e. The largest absolute Gasteiger partial charge is 0.494 e. The summed E-state index contributed by atoms with van der Waals surface area (Å²) in [5.74, 6) is -0.682. The van der Waals surface area contributed by atoms with Gasteiger partial charge < -0.3 is 24.0 Å². The third-order valence-electron chi connectivity index (χ3n) is 7.62. The highest BCUT2D eigenvalue weighted by molar-refractivity contribution is 7.15. The van der Waals surface area contributed by atoms with Crippen LogP contribution in [-0.2, 0) is 23.3 Å². The third-order valence-corrected chi connectivity index (χ3v) is 9.20. The summed E-state index contributed by atoms with van der Waals surface area (Å²) in [6, 6.07) is 15.4. The fourth-order valence-corrected chi connectivity index (χ4v) is 6.90. The molecule has 1 aliphatic carbocycles. The summed E-state index contributed by atoms with van der Waals surface area (Å²) in [4.78, 5) is 41.8. The number of carbonyl (C=O) groups excluding carboxylic acids is 1. The number of nitrogens with zero attached hydrogens (tertiary/aromatic N) is 2. The molecule has 1 fully saturated rings. The summed E-state index contributed by atoms with van der Waals surface area (Å²) in [6.07, 6.45) is 2.95. The van der Waals surface area contributed by atoms with E-state index in [4.69, 9.17) is 9.47 Å². The Bertz CT molecular complexity index is 1700. The molecule has 2 aromatic carbocycles. The van der Waals surface area contributed by atoms with Gasteiger partial charge in [0.05, 0.1) is 24.6 Å². The van der Waals surface area contributed by atoms with Crippen LogP contribution in [0.3, 0.4) is 0 Å². The van der Waals surface area contributed by atoms with Gasteiger partial charge in [-0.25, -0.2) is 9.59 Å². The lowest BCUT2D eigenvalue weighted by Gasteiger charge is -2.37. The van der Waals surface area contributed by atoms with Gasteiger partial charge in [-0.15, -0.1) is 11.3 Å². The highest BCUT2D eigenvalue weighted by Gasteiger charge is 2.37. The van der Waals surface area contributed by atoms with Gasteiger partial charge in [0.1, 0.15) is 12.2 Å². The number of fused-ring (bicyclic) bond motifs is 2. The number of amides is 1. The molecule has 4 aromatic rings. The monoisotopic (exact) mass is 558 g/mol. The molecule has 1 amide bonds. The van der Waals surface area contributed by atoms with Crippen LogP contribution in [0, 0.1) is 0 Å². The molecule has 0 saturated heterocycles. The molecule has 0 atom stereocenters. The quantitative estimate of drug-likeness (QED) is 0.303. The van der Waals surface area contributed by atoms with Crippen molar-refractivity contribution < 1.29 is 24.2 Å². The first-order chi connectivity index (χ1) is 19.2. The highest BCUT2D eigenvalue weighted by atomic mass is 32.1. The van der Waals surface area contributed by atoms with Crippen LogP contribution in [-0.4, -0.2) is 40.3 Å². The first kappa shape index (κ1) is 26.1. The van der Waals surface area contributed by atoms with Crippen molar-refractivity contribution in [2.24, 2.45) is 0 Å². The summed E-state index contributed by atoms with van der Waals surface area (Å²) in [5, 5.41) is 9.96. The molecule has 1 aliphatic heterocycles. The Morgan fingerprint density at radius 2 is 1.88 bits per heavy atom. The molecular formula is C31H30N2O6S.